The Morgan fingerprint density at radius 1 is 0.311 bits per heavy atom. The van der Waals surface area contributed by atoms with Crippen LogP contribution in [0.1, 0.15) is 276 Å². The molecule has 90 heavy (non-hydrogen) atoms. The third-order valence-corrected chi connectivity index (χ3v) is 18.8. The van der Waals surface area contributed by atoms with Crippen molar-refractivity contribution in [3.8, 4) is 45.9 Å². The number of hydrogen-bond acceptors (Lipinski definition) is 12. The second-order valence-electron chi connectivity index (χ2n) is 24.6. The van der Waals surface area contributed by atoms with Crippen LogP contribution in [0.15, 0.2) is 48.5 Å². The van der Waals surface area contributed by atoms with Crippen molar-refractivity contribution in [2.75, 3.05) is 40.4 Å². The summed E-state index contributed by atoms with van der Waals surface area (Å²) in [6, 6.07) is 17.3. The molecule has 4 heterocycles. The summed E-state index contributed by atoms with van der Waals surface area (Å²) >= 11 is 0. The fourth-order valence-corrected chi connectivity index (χ4v) is 14.2. The number of carbonyl (C=O) groups is 8. The van der Waals surface area contributed by atoms with Crippen molar-refractivity contribution in [1.82, 2.24) is 19.6 Å². The normalized spacial score (nSPS) is 14.3. The number of nitriles is 2. The molecule has 8 amide bonds. The molecule has 4 aliphatic rings. The van der Waals surface area contributed by atoms with Gasteiger partial charge in [0.2, 0.25) is 0 Å². The van der Waals surface area contributed by atoms with Crippen molar-refractivity contribution in [1.29, 1.82) is 10.5 Å². The molecule has 6 aromatic rings. The van der Waals surface area contributed by atoms with Gasteiger partial charge in [0.25, 0.3) is 47.3 Å². The van der Waals surface area contributed by atoms with E-state index in [-0.39, 0.29) is 126 Å². The Labute approximate surface area is 527 Å². The zero-order valence-corrected chi connectivity index (χ0v) is 53.2. The molecule has 0 atom stereocenters. The van der Waals surface area contributed by atoms with Crippen LogP contribution in [0, 0.1) is 22.7 Å². The van der Waals surface area contributed by atoms with Crippen molar-refractivity contribution < 1.29 is 47.8 Å². The van der Waals surface area contributed by atoms with Gasteiger partial charge in [-0.3, -0.25) is 58.0 Å². The summed E-state index contributed by atoms with van der Waals surface area (Å²) in [6.45, 7) is 8.93. The average molecular weight is 1220 g/mol. The quantitative estimate of drug-likeness (QED) is 0.0285. The number of ether oxygens (including phenoxy) is 2. The van der Waals surface area contributed by atoms with E-state index in [4.69, 9.17) is 9.47 Å². The molecule has 0 bridgehead atoms. The molecule has 6 aromatic carbocycles. The standard InChI is InChI=1S/C74H82N6O10/c1-7-11-15-19-23-27-35-77-69(83)55-41-51(63-61-53(39-45(43-75)57(59(55)61)71(77)85)67(81)79(73(63)87)37-29-25-21-17-13-9-3)49-33-31-48-47(65(49)89-5)32-34-50(66(48)90-6)52-42-56-60-58(72(86)78(70(56)84)36-28-24-20-16-12-8-2)46(44-76)40-54-62(60)64(52)74(88)80(68(54)82)38-30-26-22-18-14-10-4/h31-34,39-42H,7-30,35-38H2,1-6H3. The molecule has 0 aliphatic carbocycles. The zero-order valence-electron chi connectivity index (χ0n) is 53.2. The second-order valence-corrected chi connectivity index (χ2v) is 24.6. The van der Waals surface area contributed by atoms with E-state index in [2.05, 4.69) is 39.8 Å². The van der Waals surface area contributed by atoms with Gasteiger partial charge in [0.05, 0.1) is 58.7 Å². The first-order valence-corrected chi connectivity index (χ1v) is 33.1. The van der Waals surface area contributed by atoms with Crippen LogP contribution >= 0.6 is 0 Å². The van der Waals surface area contributed by atoms with Gasteiger partial charge in [0.15, 0.2) is 0 Å². The van der Waals surface area contributed by atoms with Crippen molar-refractivity contribution in [3.05, 3.63) is 104 Å². The molecular formula is C74H82N6O10. The highest BCUT2D eigenvalue weighted by molar-refractivity contribution is 6.37. The molecular weight excluding hydrogens is 1130 g/mol. The van der Waals surface area contributed by atoms with Crippen molar-refractivity contribution in [2.45, 2.75) is 182 Å². The first-order chi connectivity index (χ1) is 43.8. The number of benzene rings is 6. The topological polar surface area (TPSA) is 216 Å². The molecule has 468 valence electrons. The Kier molecular flexibility index (Phi) is 20.3. The van der Waals surface area contributed by atoms with Crippen molar-refractivity contribution in [2.24, 2.45) is 0 Å². The molecule has 0 unspecified atom stereocenters. The van der Waals surface area contributed by atoms with Crippen LogP contribution < -0.4 is 9.47 Å². The average Bonchev–Trinajstić information content (AvgIpc) is 0.838. The van der Waals surface area contributed by atoms with Crippen LogP contribution in [0.4, 0.5) is 0 Å². The van der Waals surface area contributed by atoms with Crippen LogP contribution in [0.2, 0.25) is 0 Å². The maximum atomic E-state index is 15.4. The van der Waals surface area contributed by atoms with Crippen LogP contribution in [-0.4, -0.2) is 107 Å². The maximum Gasteiger partial charge on any atom is 0.262 e. The van der Waals surface area contributed by atoms with E-state index < -0.39 is 47.3 Å². The van der Waals surface area contributed by atoms with Gasteiger partial charge in [-0.25, -0.2) is 0 Å². The number of imide groups is 4. The van der Waals surface area contributed by atoms with E-state index >= 15 is 19.2 Å². The minimum absolute atomic E-state index is 0.0275. The van der Waals surface area contributed by atoms with E-state index in [9.17, 15) is 29.7 Å². The Bertz CT molecular complexity index is 3760. The summed E-state index contributed by atoms with van der Waals surface area (Å²) < 4.78 is 12.8. The van der Waals surface area contributed by atoms with Gasteiger partial charge in [0.1, 0.15) is 23.6 Å². The van der Waals surface area contributed by atoms with E-state index in [1.165, 1.54) is 46.0 Å². The molecule has 0 aromatic heterocycles. The lowest BCUT2D eigenvalue weighted by molar-refractivity contribution is 0.0586. The fraction of sp³-hybridized carbons (Fsp3) is 0.459. The highest BCUT2D eigenvalue weighted by Gasteiger charge is 2.46. The van der Waals surface area contributed by atoms with Crippen LogP contribution in [0.25, 0.3) is 54.6 Å². The predicted molar refractivity (Wildman–Crippen MR) is 347 cm³/mol. The Morgan fingerprint density at radius 2 is 0.567 bits per heavy atom. The number of methoxy groups -OCH3 is 2. The molecule has 0 N–H and O–H groups in total. The minimum atomic E-state index is -0.654. The van der Waals surface area contributed by atoms with Gasteiger partial charge in [0, 0.05) is 80.8 Å². The van der Waals surface area contributed by atoms with Crippen LogP contribution in [-0.2, 0) is 0 Å². The highest BCUT2D eigenvalue weighted by Crippen LogP contribution is 2.52. The summed E-state index contributed by atoms with van der Waals surface area (Å²) in [4.78, 5) is 125. The number of hydrogen-bond donors (Lipinski definition) is 0. The number of fused-ring (bicyclic) bond motifs is 1. The molecule has 16 nitrogen and oxygen atoms in total. The summed E-state index contributed by atoms with van der Waals surface area (Å²) in [7, 11) is 2.95. The minimum Gasteiger partial charge on any atom is -0.495 e. The number of unbranched alkanes of at least 4 members (excludes halogenated alkanes) is 20. The Hall–Kier alpha value is -8.76. The molecule has 0 radical (unpaired) electrons. The highest BCUT2D eigenvalue weighted by atomic mass is 16.5. The summed E-state index contributed by atoms with van der Waals surface area (Å²) in [5.74, 6) is -4.48. The molecule has 16 heteroatoms. The summed E-state index contributed by atoms with van der Waals surface area (Å²) in [5, 5.41) is 22.8. The molecule has 10 rings (SSSR count). The smallest absolute Gasteiger partial charge is 0.262 e. The number of nitrogens with zero attached hydrogens (tertiary/aromatic N) is 6. The third-order valence-electron chi connectivity index (χ3n) is 18.8. The van der Waals surface area contributed by atoms with Gasteiger partial charge < -0.3 is 9.47 Å². The molecule has 0 saturated heterocycles. The zero-order chi connectivity index (χ0) is 63.9. The van der Waals surface area contributed by atoms with Gasteiger partial charge in [-0.2, -0.15) is 10.5 Å². The van der Waals surface area contributed by atoms with Crippen molar-refractivity contribution in [3.63, 3.8) is 0 Å². The molecule has 0 saturated carbocycles. The first kappa shape index (κ1) is 64.2. The lowest BCUT2D eigenvalue weighted by Gasteiger charge is -2.34. The summed E-state index contributed by atoms with van der Waals surface area (Å²) in [6.07, 6.45) is 21.5. The Balaban J connectivity index is 1.16. The largest absolute Gasteiger partial charge is 0.495 e. The lowest BCUT2D eigenvalue weighted by Crippen LogP contribution is -2.44. The second kappa shape index (κ2) is 28.4. The van der Waals surface area contributed by atoms with Gasteiger partial charge in [-0.05, 0) is 85.3 Å². The molecule has 0 fully saturated rings. The number of carbonyl (C=O) groups excluding carboxylic acids is 8. The van der Waals surface area contributed by atoms with Crippen LogP contribution in [0.5, 0.6) is 11.5 Å². The fourth-order valence-electron chi connectivity index (χ4n) is 14.2. The monoisotopic (exact) mass is 1210 g/mol. The molecule has 4 aliphatic heterocycles. The predicted octanol–water partition coefficient (Wildman–Crippen LogP) is 16.1. The number of amides is 8. The number of rotatable bonds is 32. The molecule has 0 spiro atoms. The SMILES string of the molecule is CCCCCCCCN1C(=O)c2cc(-c3ccc4c(OC)c(-c5cc6c7c(c(C#N)cc8c7c5C(=O)N(CCCCCCCC)C8=O)C(=O)N(CCCCCCCC)C6=O)ccc4c3OC)c3c4c(cc(C#N)c(c24)C1=O)C(=O)N(CCCCCCCC)C3=O. The first-order valence-electron chi connectivity index (χ1n) is 33.1. The van der Waals surface area contributed by atoms with E-state index in [1.54, 1.807) is 36.4 Å². The van der Waals surface area contributed by atoms with Crippen LogP contribution in [0.3, 0.4) is 0 Å². The van der Waals surface area contributed by atoms with E-state index in [0.29, 0.717) is 47.6 Å². The summed E-state index contributed by atoms with van der Waals surface area (Å²) in [5.41, 5.74) is 1.46. The van der Waals surface area contributed by atoms with Gasteiger partial charge in [-0.15, -0.1) is 0 Å². The lowest BCUT2D eigenvalue weighted by atomic mass is 9.79. The van der Waals surface area contributed by atoms with E-state index in [0.717, 1.165) is 128 Å². The van der Waals surface area contributed by atoms with Crippen molar-refractivity contribution >= 4 is 79.6 Å². The van der Waals surface area contributed by atoms with Gasteiger partial charge >= 0.3 is 0 Å². The van der Waals surface area contributed by atoms with E-state index in [1.807, 2.05) is 0 Å². The van der Waals surface area contributed by atoms with Gasteiger partial charge in [-0.1, -0.05) is 156 Å². The maximum absolute atomic E-state index is 15.4. The third kappa shape index (κ3) is 11.5. The Morgan fingerprint density at radius 3 is 0.844 bits per heavy atom.